The van der Waals surface area contributed by atoms with Gasteiger partial charge in [-0.3, -0.25) is 0 Å². The van der Waals surface area contributed by atoms with E-state index >= 15 is 0 Å². The van der Waals surface area contributed by atoms with Gasteiger partial charge in [0.1, 0.15) is 5.75 Å². The van der Waals surface area contributed by atoms with Gasteiger partial charge in [0.05, 0.1) is 12.7 Å². The van der Waals surface area contributed by atoms with Gasteiger partial charge in [-0.05, 0) is 35.4 Å². The summed E-state index contributed by atoms with van der Waals surface area (Å²) in [6.07, 6.45) is 3.80. The lowest BCUT2D eigenvalue weighted by atomic mass is 10.1. The van der Waals surface area contributed by atoms with Crippen LogP contribution in [-0.4, -0.2) is 18.2 Å². The Labute approximate surface area is 111 Å². The summed E-state index contributed by atoms with van der Waals surface area (Å²) >= 11 is 0. The summed E-state index contributed by atoms with van der Waals surface area (Å²) < 4.78 is 5.15. The van der Waals surface area contributed by atoms with Crippen molar-refractivity contribution in [3.8, 4) is 5.75 Å². The fraction of sp³-hybridized carbons (Fsp3) is 0.0625. The maximum atomic E-state index is 10.9. The Morgan fingerprint density at radius 1 is 1.05 bits per heavy atom. The van der Waals surface area contributed by atoms with Crippen molar-refractivity contribution in [2.75, 3.05) is 7.11 Å². The molecule has 0 spiro atoms. The molecule has 0 unspecified atom stereocenters. The number of aromatic carboxylic acids is 1. The highest BCUT2D eigenvalue weighted by atomic mass is 16.5. The van der Waals surface area contributed by atoms with Crippen molar-refractivity contribution in [1.29, 1.82) is 0 Å². The van der Waals surface area contributed by atoms with Crippen LogP contribution in [-0.2, 0) is 0 Å². The molecule has 2 rings (SSSR count). The topological polar surface area (TPSA) is 46.5 Å². The normalized spacial score (nSPS) is 10.6. The van der Waals surface area contributed by atoms with E-state index in [-0.39, 0.29) is 5.56 Å². The third-order valence-corrected chi connectivity index (χ3v) is 2.70. The lowest BCUT2D eigenvalue weighted by Gasteiger charge is -2.00. The highest BCUT2D eigenvalue weighted by Gasteiger charge is 2.01. The fourth-order valence-electron chi connectivity index (χ4n) is 1.71. The molecule has 0 amide bonds. The Balaban J connectivity index is 2.22. The summed E-state index contributed by atoms with van der Waals surface area (Å²) in [5, 5.41) is 8.92. The maximum absolute atomic E-state index is 10.9. The van der Waals surface area contributed by atoms with E-state index in [1.807, 2.05) is 42.5 Å². The summed E-state index contributed by atoms with van der Waals surface area (Å²) in [6, 6.07) is 14.5. The molecule has 2 aromatic carbocycles. The first-order valence-corrected chi connectivity index (χ1v) is 5.84. The average Bonchev–Trinajstić information content (AvgIpc) is 2.45. The standard InChI is InChI=1S/C16H14O3/c1-19-15-7-3-5-13(11-15)9-8-12-4-2-6-14(10-12)16(17)18/h2-11H,1H3,(H,17,18). The molecule has 0 atom stereocenters. The van der Waals surface area contributed by atoms with Crippen LogP contribution in [0.25, 0.3) is 12.2 Å². The molecule has 0 aliphatic carbocycles. The summed E-state index contributed by atoms with van der Waals surface area (Å²) in [6.45, 7) is 0. The first-order valence-electron chi connectivity index (χ1n) is 5.84. The molecule has 0 aliphatic heterocycles. The average molecular weight is 254 g/mol. The summed E-state index contributed by atoms with van der Waals surface area (Å²) in [5.41, 5.74) is 2.13. The van der Waals surface area contributed by atoms with Gasteiger partial charge < -0.3 is 9.84 Å². The molecule has 0 fully saturated rings. The zero-order valence-corrected chi connectivity index (χ0v) is 10.5. The molecule has 1 N–H and O–H groups in total. The molecular weight excluding hydrogens is 240 g/mol. The zero-order valence-electron chi connectivity index (χ0n) is 10.5. The van der Waals surface area contributed by atoms with Gasteiger partial charge in [0.25, 0.3) is 0 Å². The van der Waals surface area contributed by atoms with Crippen LogP contribution in [0.15, 0.2) is 48.5 Å². The molecule has 0 saturated heterocycles. The highest BCUT2D eigenvalue weighted by Crippen LogP contribution is 2.15. The number of carboxylic acid groups (broad SMARTS) is 1. The van der Waals surface area contributed by atoms with Crippen molar-refractivity contribution >= 4 is 18.1 Å². The van der Waals surface area contributed by atoms with Gasteiger partial charge in [-0.1, -0.05) is 36.4 Å². The second-order valence-electron chi connectivity index (χ2n) is 4.04. The van der Waals surface area contributed by atoms with E-state index in [9.17, 15) is 4.79 Å². The van der Waals surface area contributed by atoms with Crippen molar-refractivity contribution in [2.45, 2.75) is 0 Å². The Morgan fingerprint density at radius 3 is 2.32 bits per heavy atom. The number of hydrogen-bond donors (Lipinski definition) is 1. The quantitative estimate of drug-likeness (QED) is 0.848. The maximum Gasteiger partial charge on any atom is 0.335 e. The lowest BCUT2D eigenvalue weighted by molar-refractivity contribution is 0.0697. The van der Waals surface area contributed by atoms with Crippen LogP contribution in [0.4, 0.5) is 0 Å². The van der Waals surface area contributed by atoms with E-state index in [0.717, 1.165) is 16.9 Å². The molecule has 0 radical (unpaired) electrons. The molecule has 19 heavy (non-hydrogen) atoms. The fourth-order valence-corrected chi connectivity index (χ4v) is 1.71. The first kappa shape index (κ1) is 12.9. The SMILES string of the molecule is COc1cccc(C=Cc2cccc(C(=O)O)c2)c1. The Bertz CT molecular complexity index is 615. The van der Waals surface area contributed by atoms with E-state index in [1.54, 1.807) is 25.3 Å². The molecule has 0 bridgehead atoms. The predicted octanol–water partition coefficient (Wildman–Crippen LogP) is 3.56. The highest BCUT2D eigenvalue weighted by molar-refractivity contribution is 5.88. The molecule has 0 aromatic heterocycles. The minimum atomic E-state index is -0.920. The third-order valence-electron chi connectivity index (χ3n) is 2.70. The summed E-state index contributed by atoms with van der Waals surface area (Å²) in [5.74, 6) is -0.127. The Kier molecular flexibility index (Phi) is 3.98. The zero-order chi connectivity index (χ0) is 13.7. The lowest BCUT2D eigenvalue weighted by Crippen LogP contribution is -1.95. The predicted molar refractivity (Wildman–Crippen MR) is 75.3 cm³/mol. The second-order valence-corrected chi connectivity index (χ2v) is 4.04. The van der Waals surface area contributed by atoms with Crippen molar-refractivity contribution in [2.24, 2.45) is 0 Å². The monoisotopic (exact) mass is 254 g/mol. The Hall–Kier alpha value is -2.55. The molecule has 3 nitrogen and oxygen atoms in total. The van der Waals surface area contributed by atoms with Gasteiger partial charge in [-0.2, -0.15) is 0 Å². The number of methoxy groups -OCH3 is 1. The van der Waals surface area contributed by atoms with Crippen LogP contribution in [0.5, 0.6) is 5.75 Å². The van der Waals surface area contributed by atoms with Gasteiger partial charge in [0, 0.05) is 0 Å². The van der Waals surface area contributed by atoms with Crippen molar-refractivity contribution in [3.05, 3.63) is 65.2 Å². The molecule has 2 aromatic rings. The van der Waals surface area contributed by atoms with Crippen LogP contribution in [0.3, 0.4) is 0 Å². The van der Waals surface area contributed by atoms with Crippen molar-refractivity contribution in [3.63, 3.8) is 0 Å². The van der Waals surface area contributed by atoms with E-state index in [1.165, 1.54) is 0 Å². The largest absolute Gasteiger partial charge is 0.497 e. The van der Waals surface area contributed by atoms with Crippen LogP contribution < -0.4 is 4.74 Å². The minimum Gasteiger partial charge on any atom is -0.497 e. The first-order chi connectivity index (χ1) is 9.19. The number of carboxylic acids is 1. The number of hydrogen-bond acceptors (Lipinski definition) is 2. The van der Waals surface area contributed by atoms with Crippen LogP contribution in [0.1, 0.15) is 21.5 Å². The van der Waals surface area contributed by atoms with Gasteiger partial charge >= 0.3 is 5.97 Å². The molecular formula is C16H14O3. The van der Waals surface area contributed by atoms with Gasteiger partial charge in [-0.25, -0.2) is 4.79 Å². The van der Waals surface area contributed by atoms with Crippen LogP contribution >= 0.6 is 0 Å². The molecule has 3 heteroatoms. The third kappa shape index (κ3) is 3.45. The van der Waals surface area contributed by atoms with E-state index in [2.05, 4.69) is 0 Å². The van der Waals surface area contributed by atoms with Crippen LogP contribution in [0, 0.1) is 0 Å². The van der Waals surface area contributed by atoms with E-state index < -0.39 is 5.97 Å². The number of rotatable bonds is 4. The van der Waals surface area contributed by atoms with Crippen LogP contribution in [0.2, 0.25) is 0 Å². The van der Waals surface area contributed by atoms with E-state index in [4.69, 9.17) is 9.84 Å². The van der Waals surface area contributed by atoms with E-state index in [0.29, 0.717) is 0 Å². The van der Waals surface area contributed by atoms with Gasteiger partial charge in [-0.15, -0.1) is 0 Å². The smallest absolute Gasteiger partial charge is 0.335 e. The summed E-state index contributed by atoms with van der Waals surface area (Å²) in [4.78, 5) is 10.9. The molecule has 0 saturated carbocycles. The molecule has 0 aliphatic rings. The molecule has 0 heterocycles. The van der Waals surface area contributed by atoms with Crippen molar-refractivity contribution in [1.82, 2.24) is 0 Å². The van der Waals surface area contributed by atoms with Gasteiger partial charge in [0.15, 0.2) is 0 Å². The number of benzene rings is 2. The number of carbonyl (C=O) groups is 1. The number of ether oxygens (including phenoxy) is 1. The molecule has 96 valence electrons. The minimum absolute atomic E-state index is 0.285. The Morgan fingerprint density at radius 2 is 1.68 bits per heavy atom. The summed E-state index contributed by atoms with van der Waals surface area (Å²) in [7, 11) is 1.62. The van der Waals surface area contributed by atoms with Gasteiger partial charge in [0.2, 0.25) is 0 Å². The van der Waals surface area contributed by atoms with Crippen molar-refractivity contribution < 1.29 is 14.6 Å². The second kappa shape index (κ2) is 5.87.